The van der Waals surface area contributed by atoms with Crippen LogP contribution in [0.1, 0.15) is 18.4 Å². The molecule has 16 heavy (non-hydrogen) atoms. The molecule has 0 aliphatic carbocycles. The standard InChI is InChI=1S/C12H19NO3/c1-8(11(14)7-13)10-6-9(15-2)4-5-12(10)16-3/h4-6,8,11,14H,7,13H2,1-3H3. The van der Waals surface area contributed by atoms with Gasteiger partial charge in [0.15, 0.2) is 0 Å². The third kappa shape index (κ3) is 2.65. The van der Waals surface area contributed by atoms with Crippen molar-refractivity contribution in [2.75, 3.05) is 20.8 Å². The van der Waals surface area contributed by atoms with Crippen molar-refractivity contribution < 1.29 is 14.6 Å². The van der Waals surface area contributed by atoms with Crippen molar-refractivity contribution in [3.63, 3.8) is 0 Å². The van der Waals surface area contributed by atoms with E-state index >= 15 is 0 Å². The second-order valence-electron chi connectivity index (χ2n) is 3.70. The minimum atomic E-state index is -0.582. The summed E-state index contributed by atoms with van der Waals surface area (Å²) >= 11 is 0. The average Bonchev–Trinajstić information content (AvgIpc) is 2.35. The van der Waals surface area contributed by atoms with Crippen LogP contribution in [0.3, 0.4) is 0 Å². The number of ether oxygens (including phenoxy) is 2. The predicted molar refractivity (Wildman–Crippen MR) is 63.0 cm³/mol. The topological polar surface area (TPSA) is 64.7 Å². The van der Waals surface area contributed by atoms with Crippen LogP contribution >= 0.6 is 0 Å². The maximum absolute atomic E-state index is 9.74. The molecule has 2 unspecified atom stereocenters. The number of hydrogen-bond donors (Lipinski definition) is 2. The van der Waals surface area contributed by atoms with Crippen LogP contribution in [0.4, 0.5) is 0 Å². The van der Waals surface area contributed by atoms with Crippen LogP contribution in [-0.4, -0.2) is 32.0 Å². The first-order valence-corrected chi connectivity index (χ1v) is 5.24. The van der Waals surface area contributed by atoms with Crippen LogP contribution in [0.15, 0.2) is 18.2 Å². The first kappa shape index (κ1) is 12.8. The summed E-state index contributed by atoms with van der Waals surface area (Å²) in [6.45, 7) is 2.14. The Hall–Kier alpha value is -1.26. The van der Waals surface area contributed by atoms with Crippen molar-refractivity contribution in [1.29, 1.82) is 0 Å². The van der Waals surface area contributed by atoms with Gasteiger partial charge in [-0.1, -0.05) is 6.92 Å². The average molecular weight is 225 g/mol. The van der Waals surface area contributed by atoms with Gasteiger partial charge in [0.25, 0.3) is 0 Å². The smallest absolute Gasteiger partial charge is 0.122 e. The fourth-order valence-electron chi connectivity index (χ4n) is 1.61. The van der Waals surface area contributed by atoms with Crippen molar-refractivity contribution in [3.8, 4) is 11.5 Å². The lowest BCUT2D eigenvalue weighted by atomic mass is 9.94. The van der Waals surface area contributed by atoms with E-state index in [4.69, 9.17) is 15.2 Å². The molecule has 4 heteroatoms. The van der Waals surface area contributed by atoms with Crippen LogP contribution in [0.25, 0.3) is 0 Å². The number of nitrogens with two attached hydrogens (primary N) is 1. The minimum absolute atomic E-state index is 0.0879. The van der Waals surface area contributed by atoms with Crippen LogP contribution in [0.5, 0.6) is 11.5 Å². The number of hydrogen-bond acceptors (Lipinski definition) is 4. The summed E-state index contributed by atoms with van der Waals surface area (Å²) in [7, 11) is 3.21. The third-order valence-corrected chi connectivity index (χ3v) is 2.75. The monoisotopic (exact) mass is 225 g/mol. The van der Waals surface area contributed by atoms with Gasteiger partial charge in [-0.05, 0) is 18.2 Å². The van der Waals surface area contributed by atoms with E-state index in [0.717, 1.165) is 17.1 Å². The van der Waals surface area contributed by atoms with Crippen LogP contribution in [-0.2, 0) is 0 Å². The van der Waals surface area contributed by atoms with Crippen molar-refractivity contribution in [2.24, 2.45) is 5.73 Å². The predicted octanol–water partition coefficient (Wildman–Crippen LogP) is 1.13. The van der Waals surface area contributed by atoms with Crippen molar-refractivity contribution in [1.82, 2.24) is 0 Å². The fraction of sp³-hybridized carbons (Fsp3) is 0.500. The molecule has 0 aromatic heterocycles. The molecule has 0 aliphatic rings. The second kappa shape index (κ2) is 5.72. The molecule has 0 saturated carbocycles. The number of aliphatic hydroxyl groups excluding tert-OH is 1. The number of benzene rings is 1. The lowest BCUT2D eigenvalue weighted by Gasteiger charge is -2.20. The first-order valence-electron chi connectivity index (χ1n) is 5.24. The Labute approximate surface area is 96.0 Å². The zero-order valence-corrected chi connectivity index (χ0v) is 9.93. The fourth-order valence-corrected chi connectivity index (χ4v) is 1.61. The van der Waals surface area contributed by atoms with Crippen LogP contribution < -0.4 is 15.2 Å². The van der Waals surface area contributed by atoms with E-state index in [9.17, 15) is 5.11 Å². The van der Waals surface area contributed by atoms with Gasteiger partial charge >= 0.3 is 0 Å². The van der Waals surface area contributed by atoms with E-state index in [0.29, 0.717) is 0 Å². The molecule has 3 N–H and O–H groups in total. The van der Waals surface area contributed by atoms with E-state index in [1.165, 1.54) is 0 Å². The van der Waals surface area contributed by atoms with Gasteiger partial charge in [0, 0.05) is 18.0 Å². The zero-order valence-electron chi connectivity index (χ0n) is 9.93. The Morgan fingerprint density at radius 3 is 2.50 bits per heavy atom. The molecular formula is C12H19NO3. The highest BCUT2D eigenvalue weighted by molar-refractivity contribution is 5.42. The van der Waals surface area contributed by atoms with Gasteiger partial charge in [-0.3, -0.25) is 0 Å². The highest BCUT2D eigenvalue weighted by Gasteiger charge is 2.19. The lowest BCUT2D eigenvalue weighted by Crippen LogP contribution is -2.25. The number of aliphatic hydroxyl groups is 1. The maximum atomic E-state index is 9.74. The Kier molecular flexibility index (Phi) is 4.58. The molecule has 0 heterocycles. The molecule has 1 aromatic carbocycles. The van der Waals surface area contributed by atoms with Gasteiger partial charge in [-0.2, -0.15) is 0 Å². The molecule has 0 spiro atoms. The summed E-state index contributed by atoms with van der Waals surface area (Å²) in [5, 5.41) is 9.74. The molecule has 0 amide bonds. The summed E-state index contributed by atoms with van der Waals surface area (Å²) in [6, 6.07) is 5.51. The van der Waals surface area contributed by atoms with Gasteiger partial charge < -0.3 is 20.3 Å². The maximum Gasteiger partial charge on any atom is 0.122 e. The number of rotatable bonds is 5. The van der Waals surface area contributed by atoms with Gasteiger partial charge in [-0.15, -0.1) is 0 Å². The van der Waals surface area contributed by atoms with E-state index < -0.39 is 6.10 Å². The molecular weight excluding hydrogens is 206 g/mol. The van der Waals surface area contributed by atoms with E-state index in [-0.39, 0.29) is 12.5 Å². The lowest BCUT2D eigenvalue weighted by molar-refractivity contribution is 0.156. The zero-order chi connectivity index (χ0) is 12.1. The molecule has 0 aliphatic heterocycles. The minimum Gasteiger partial charge on any atom is -0.497 e. The normalized spacial score (nSPS) is 14.3. The molecule has 4 nitrogen and oxygen atoms in total. The summed E-state index contributed by atoms with van der Waals surface area (Å²) in [5.41, 5.74) is 6.35. The van der Waals surface area contributed by atoms with E-state index in [2.05, 4.69) is 0 Å². The molecule has 0 bridgehead atoms. The van der Waals surface area contributed by atoms with Crippen LogP contribution in [0, 0.1) is 0 Å². The molecule has 0 fully saturated rings. The Bertz CT molecular complexity index is 341. The molecule has 0 saturated heterocycles. The summed E-state index contributed by atoms with van der Waals surface area (Å²) in [4.78, 5) is 0. The molecule has 90 valence electrons. The SMILES string of the molecule is COc1ccc(OC)c(C(C)C(O)CN)c1. The van der Waals surface area contributed by atoms with Crippen LogP contribution in [0.2, 0.25) is 0 Å². The summed E-state index contributed by atoms with van der Waals surface area (Å²) < 4.78 is 10.4. The summed E-state index contributed by atoms with van der Waals surface area (Å²) in [5.74, 6) is 1.39. The Morgan fingerprint density at radius 1 is 1.31 bits per heavy atom. The summed E-state index contributed by atoms with van der Waals surface area (Å²) in [6.07, 6.45) is -0.582. The van der Waals surface area contributed by atoms with Gasteiger partial charge in [0.1, 0.15) is 11.5 Å². The highest BCUT2D eigenvalue weighted by Crippen LogP contribution is 2.31. The van der Waals surface area contributed by atoms with Crippen molar-refractivity contribution >= 4 is 0 Å². The molecule has 2 atom stereocenters. The highest BCUT2D eigenvalue weighted by atomic mass is 16.5. The van der Waals surface area contributed by atoms with Gasteiger partial charge in [0.05, 0.1) is 20.3 Å². The van der Waals surface area contributed by atoms with Crippen molar-refractivity contribution in [2.45, 2.75) is 18.9 Å². The third-order valence-electron chi connectivity index (χ3n) is 2.75. The Morgan fingerprint density at radius 2 is 2.00 bits per heavy atom. The first-order chi connectivity index (χ1) is 7.63. The Balaban J connectivity index is 3.07. The quantitative estimate of drug-likeness (QED) is 0.788. The van der Waals surface area contributed by atoms with Crippen molar-refractivity contribution in [3.05, 3.63) is 23.8 Å². The van der Waals surface area contributed by atoms with E-state index in [1.54, 1.807) is 14.2 Å². The molecule has 0 radical (unpaired) electrons. The van der Waals surface area contributed by atoms with Gasteiger partial charge in [-0.25, -0.2) is 0 Å². The number of methoxy groups -OCH3 is 2. The van der Waals surface area contributed by atoms with Gasteiger partial charge in [0.2, 0.25) is 0 Å². The largest absolute Gasteiger partial charge is 0.497 e. The molecule has 1 aromatic rings. The second-order valence-corrected chi connectivity index (χ2v) is 3.70. The van der Waals surface area contributed by atoms with E-state index in [1.807, 2.05) is 25.1 Å². The molecule has 1 rings (SSSR count).